The van der Waals surface area contributed by atoms with E-state index in [0.717, 1.165) is 17.9 Å². The van der Waals surface area contributed by atoms with Gasteiger partial charge in [0.15, 0.2) is 5.69 Å². The number of carbonyl (C=O) groups excluding carboxylic acids is 1. The fourth-order valence-electron chi connectivity index (χ4n) is 2.77. The molecule has 1 atom stereocenters. The number of methoxy groups -OCH3 is 1. The molecule has 1 aromatic carbocycles. The predicted molar refractivity (Wildman–Crippen MR) is 106 cm³/mol. The summed E-state index contributed by atoms with van der Waals surface area (Å²) in [4.78, 5) is 18.8. The Hall–Kier alpha value is -2.34. The maximum absolute atomic E-state index is 12.1. The van der Waals surface area contributed by atoms with Crippen LogP contribution in [0, 0.1) is 5.92 Å². The van der Waals surface area contributed by atoms with Crippen LogP contribution in [0.4, 0.5) is 0 Å². The first kappa shape index (κ1) is 21.0. The van der Waals surface area contributed by atoms with Crippen molar-refractivity contribution >= 4 is 5.91 Å². The Balaban J connectivity index is 2.15. The Bertz CT molecular complexity index is 740. The SMILES string of the molecule is COc1cccc(CN(Cc2nc(C(=O)NC(C)C)co2)C(C)C(C)C)c1. The van der Waals surface area contributed by atoms with Crippen LogP contribution in [0.2, 0.25) is 0 Å². The van der Waals surface area contributed by atoms with Crippen LogP contribution in [0.25, 0.3) is 0 Å². The molecule has 6 heteroatoms. The zero-order valence-corrected chi connectivity index (χ0v) is 17.2. The molecule has 0 aliphatic heterocycles. The van der Waals surface area contributed by atoms with E-state index >= 15 is 0 Å². The number of nitrogens with zero attached hydrogens (tertiary/aromatic N) is 2. The van der Waals surface area contributed by atoms with Gasteiger partial charge in [0, 0.05) is 18.6 Å². The van der Waals surface area contributed by atoms with E-state index in [1.165, 1.54) is 6.26 Å². The van der Waals surface area contributed by atoms with Gasteiger partial charge in [-0.2, -0.15) is 0 Å². The average Bonchev–Trinajstić information content (AvgIpc) is 3.09. The molecule has 0 fully saturated rings. The Morgan fingerprint density at radius 1 is 1.22 bits per heavy atom. The smallest absolute Gasteiger partial charge is 0.273 e. The average molecular weight is 373 g/mol. The molecule has 1 heterocycles. The fraction of sp³-hybridized carbons (Fsp3) is 0.524. The summed E-state index contributed by atoms with van der Waals surface area (Å²) >= 11 is 0. The molecule has 0 aliphatic carbocycles. The molecule has 1 amide bonds. The van der Waals surface area contributed by atoms with Crippen molar-refractivity contribution in [2.24, 2.45) is 5.92 Å². The minimum atomic E-state index is -0.212. The molecule has 6 nitrogen and oxygen atoms in total. The predicted octanol–water partition coefficient (Wildman–Crippen LogP) is 3.87. The number of amides is 1. The molecular weight excluding hydrogens is 342 g/mol. The molecule has 27 heavy (non-hydrogen) atoms. The summed E-state index contributed by atoms with van der Waals surface area (Å²) in [5.74, 6) is 1.64. The molecule has 0 saturated carbocycles. The number of benzene rings is 1. The minimum Gasteiger partial charge on any atom is -0.497 e. The van der Waals surface area contributed by atoms with E-state index in [1.807, 2.05) is 32.0 Å². The topological polar surface area (TPSA) is 67.6 Å². The van der Waals surface area contributed by atoms with Crippen molar-refractivity contribution in [3.8, 4) is 5.75 Å². The van der Waals surface area contributed by atoms with Crippen molar-refractivity contribution < 1.29 is 13.9 Å². The lowest BCUT2D eigenvalue weighted by Crippen LogP contribution is -2.36. The third-order valence-corrected chi connectivity index (χ3v) is 4.60. The number of oxazole rings is 1. The van der Waals surface area contributed by atoms with Crippen LogP contribution in [0.5, 0.6) is 5.75 Å². The summed E-state index contributed by atoms with van der Waals surface area (Å²) in [5, 5.41) is 2.83. The van der Waals surface area contributed by atoms with Crippen molar-refractivity contribution in [1.82, 2.24) is 15.2 Å². The van der Waals surface area contributed by atoms with Crippen molar-refractivity contribution in [3.05, 3.63) is 47.7 Å². The monoisotopic (exact) mass is 373 g/mol. The highest BCUT2D eigenvalue weighted by molar-refractivity contribution is 5.92. The van der Waals surface area contributed by atoms with E-state index in [0.29, 0.717) is 30.1 Å². The third-order valence-electron chi connectivity index (χ3n) is 4.60. The Kier molecular flexibility index (Phi) is 7.42. The van der Waals surface area contributed by atoms with E-state index < -0.39 is 0 Å². The van der Waals surface area contributed by atoms with Gasteiger partial charge in [0.1, 0.15) is 12.0 Å². The molecule has 148 valence electrons. The van der Waals surface area contributed by atoms with Crippen LogP contribution in [-0.2, 0) is 13.1 Å². The molecule has 1 unspecified atom stereocenters. The van der Waals surface area contributed by atoms with Crippen LogP contribution in [0.3, 0.4) is 0 Å². The van der Waals surface area contributed by atoms with Gasteiger partial charge in [-0.1, -0.05) is 26.0 Å². The highest BCUT2D eigenvalue weighted by Crippen LogP contribution is 2.20. The lowest BCUT2D eigenvalue weighted by molar-refractivity contribution is 0.0937. The van der Waals surface area contributed by atoms with Crippen LogP contribution in [-0.4, -0.2) is 35.0 Å². The number of hydrogen-bond donors (Lipinski definition) is 1. The number of nitrogens with one attached hydrogen (secondary N) is 1. The number of aromatic nitrogens is 1. The summed E-state index contributed by atoms with van der Waals surface area (Å²) in [5.41, 5.74) is 1.48. The molecular formula is C21H31N3O3. The second-order valence-corrected chi connectivity index (χ2v) is 7.50. The lowest BCUT2D eigenvalue weighted by atomic mass is 10.0. The number of ether oxygens (including phenoxy) is 1. The summed E-state index contributed by atoms with van der Waals surface area (Å²) in [6.45, 7) is 11.7. The molecule has 0 radical (unpaired) electrons. The van der Waals surface area contributed by atoms with E-state index in [4.69, 9.17) is 9.15 Å². The highest BCUT2D eigenvalue weighted by atomic mass is 16.5. The van der Waals surface area contributed by atoms with Crippen LogP contribution in [0.1, 0.15) is 56.6 Å². The van der Waals surface area contributed by atoms with E-state index in [1.54, 1.807) is 7.11 Å². The molecule has 0 aliphatic rings. The van der Waals surface area contributed by atoms with Crippen molar-refractivity contribution in [2.75, 3.05) is 7.11 Å². The number of hydrogen-bond acceptors (Lipinski definition) is 5. The zero-order valence-electron chi connectivity index (χ0n) is 17.2. The normalized spacial score (nSPS) is 12.6. The van der Waals surface area contributed by atoms with Crippen molar-refractivity contribution in [2.45, 2.75) is 59.8 Å². The van der Waals surface area contributed by atoms with Gasteiger partial charge >= 0.3 is 0 Å². The first-order valence-electron chi connectivity index (χ1n) is 9.42. The maximum Gasteiger partial charge on any atom is 0.273 e. The van der Waals surface area contributed by atoms with E-state index in [-0.39, 0.29) is 11.9 Å². The molecule has 2 rings (SSSR count). The second-order valence-electron chi connectivity index (χ2n) is 7.50. The van der Waals surface area contributed by atoms with E-state index in [9.17, 15) is 4.79 Å². The molecule has 1 aromatic heterocycles. The van der Waals surface area contributed by atoms with Gasteiger partial charge < -0.3 is 14.5 Å². The Morgan fingerprint density at radius 2 is 1.96 bits per heavy atom. The van der Waals surface area contributed by atoms with Crippen molar-refractivity contribution in [1.29, 1.82) is 0 Å². The van der Waals surface area contributed by atoms with Crippen LogP contribution >= 0.6 is 0 Å². The molecule has 2 aromatic rings. The number of rotatable bonds is 9. The van der Waals surface area contributed by atoms with Gasteiger partial charge in [-0.3, -0.25) is 9.69 Å². The molecule has 1 N–H and O–H groups in total. The largest absolute Gasteiger partial charge is 0.497 e. The zero-order chi connectivity index (χ0) is 20.0. The first-order chi connectivity index (χ1) is 12.8. The second kappa shape index (κ2) is 9.55. The first-order valence-corrected chi connectivity index (χ1v) is 9.42. The molecule has 0 saturated heterocycles. The standard InChI is InChI=1S/C21H31N3O3/c1-14(2)16(5)24(11-17-8-7-9-18(10-17)26-6)12-20-23-19(13-27-20)21(25)22-15(3)4/h7-10,13-16H,11-12H2,1-6H3,(H,22,25). The van der Waals surface area contributed by atoms with Gasteiger partial charge in [-0.05, 0) is 44.4 Å². The molecule has 0 spiro atoms. The summed E-state index contributed by atoms with van der Waals surface area (Å²) in [7, 11) is 1.67. The third kappa shape index (κ3) is 6.10. The van der Waals surface area contributed by atoms with E-state index in [2.05, 4.69) is 42.0 Å². The minimum absolute atomic E-state index is 0.0585. The van der Waals surface area contributed by atoms with Gasteiger partial charge in [0.25, 0.3) is 5.91 Å². The van der Waals surface area contributed by atoms with Crippen LogP contribution in [0.15, 0.2) is 34.9 Å². The lowest BCUT2D eigenvalue weighted by Gasteiger charge is -2.30. The van der Waals surface area contributed by atoms with Crippen molar-refractivity contribution in [3.63, 3.8) is 0 Å². The molecule has 0 bridgehead atoms. The Labute approximate surface area is 161 Å². The quantitative estimate of drug-likeness (QED) is 0.723. The van der Waals surface area contributed by atoms with Gasteiger partial charge in [0.2, 0.25) is 5.89 Å². The summed E-state index contributed by atoms with van der Waals surface area (Å²) in [6, 6.07) is 8.43. The fourth-order valence-corrected chi connectivity index (χ4v) is 2.77. The van der Waals surface area contributed by atoms with Gasteiger partial charge in [-0.15, -0.1) is 0 Å². The van der Waals surface area contributed by atoms with Crippen LogP contribution < -0.4 is 10.1 Å². The maximum atomic E-state index is 12.1. The van der Waals surface area contributed by atoms with Gasteiger partial charge in [0.05, 0.1) is 13.7 Å². The van der Waals surface area contributed by atoms with Gasteiger partial charge in [-0.25, -0.2) is 4.98 Å². The summed E-state index contributed by atoms with van der Waals surface area (Å²) in [6.07, 6.45) is 1.43. The Morgan fingerprint density at radius 3 is 2.59 bits per heavy atom. The number of carbonyl (C=O) groups is 1. The highest BCUT2D eigenvalue weighted by Gasteiger charge is 2.21. The summed E-state index contributed by atoms with van der Waals surface area (Å²) < 4.78 is 10.9.